The van der Waals surface area contributed by atoms with Crippen LogP contribution < -0.4 is 5.73 Å². The lowest BCUT2D eigenvalue weighted by molar-refractivity contribution is 0.1000. The van der Waals surface area contributed by atoms with Crippen molar-refractivity contribution < 1.29 is 4.79 Å². The number of nitrogens with one attached hydrogen (secondary N) is 1. The van der Waals surface area contributed by atoms with Crippen molar-refractivity contribution in [2.75, 3.05) is 0 Å². The molecule has 1 amide bonds. The Morgan fingerprint density at radius 2 is 1.83 bits per heavy atom. The molecule has 2 aromatic rings. The summed E-state index contributed by atoms with van der Waals surface area (Å²) in [5.41, 5.74) is 9.97. The monoisotopic (exact) mass is 242 g/mol. The van der Waals surface area contributed by atoms with Gasteiger partial charge in [0.2, 0.25) is 0 Å². The number of aryl methyl sites for hydroxylation is 1. The van der Waals surface area contributed by atoms with E-state index in [0.29, 0.717) is 11.5 Å². The molecule has 94 valence electrons. The topological polar surface area (TPSA) is 58.9 Å². The Hall–Kier alpha value is -2.03. The first-order chi connectivity index (χ1) is 8.49. The molecule has 0 unspecified atom stereocenters. The molecule has 3 N–H and O–H groups in total. The summed E-state index contributed by atoms with van der Waals surface area (Å²) in [6.07, 6.45) is 0. The summed E-state index contributed by atoms with van der Waals surface area (Å²) in [6, 6.07) is 10.2. The number of primary amides is 1. The molecule has 0 aliphatic rings. The van der Waals surface area contributed by atoms with Crippen molar-refractivity contribution in [3.8, 4) is 11.3 Å². The number of H-pyrrole nitrogens is 1. The summed E-state index contributed by atoms with van der Waals surface area (Å²) in [5, 5.41) is 0. The highest BCUT2D eigenvalue weighted by Crippen LogP contribution is 2.24. The van der Waals surface area contributed by atoms with Crippen LogP contribution in [0.5, 0.6) is 0 Å². The van der Waals surface area contributed by atoms with Gasteiger partial charge in [-0.05, 0) is 30.0 Å². The van der Waals surface area contributed by atoms with Gasteiger partial charge in [-0.15, -0.1) is 0 Å². The maximum absolute atomic E-state index is 11.2. The summed E-state index contributed by atoms with van der Waals surface area (Å²) in [6.45, 7) is 6.18. The highest BCUT2D eigenvalue weighted by atomic mass is 16.1. The molecule has 0 bridgehead atoms. The molecule has 0 saturated heterocycles. The largest absolute Gasteiger partial charge is 0.366 e. The van der Waals surface area contributed by atoms with Gasteiger partial charge in [0.05, 0.1) is 5.56 Å². The molecule has 0 aliphatic heterocycles. The molecule has 0 radical (unpaired) electrons. The first-order valence-electron chi connectivity index (χ1n) is 6.08. The Balaban J connectivity index is 2.37. The lowest BCUT2D eigenvalue weighted by Gasteiger charge is -2.05. The van der Waals surface area contributed by atoms with Crippen LogP contribution in [0.15, 0.2) is 30.3 Å². The molecule has 0 spiro atoms. The third-order valence-corrected chi connectivity index (χ3v) is 3.17. The van der Waals surface area contributed by atoms with Crippen molar-refractivity contribution in [1.82, 2.24) is 4.98 Å². The summed E-state index contributed by atoms with van der Waals surface area (Å²) < 4.78 is 0. The zero-order chi connectivity index (χ0) is 13.3. The van der Waals surface area contributed by atoms with Gasteiger partial charge in [-0.1, -0.05) is 38.1 Å². The van der Waals surface area contributed by atoms with Crippen LogP contribution in [-0.2, 0) is 0 Å². The van der Waals surface area contributed by atoms with E-state index in [1.807, 2.05) is 13.0 Å². The molecule has 0 saturated carbocycles. The molecule has 3 heteroatoms. The molecule has 0 fully saturated rings. The van der Waals surface area contributed by atoms with Crippen LogP contribution >= 0.6 is 0 Å². The highest BCUT2D eigenvalue weighted by Gasteiger charge is 2.10. The van der Waals surface area contributed by atoms with E-state index >= 15 is 0 Å². The maximum atomic E-state index is 11.2. The van der Waals surface area contributed by atoms with E-state index in [2.05, 4.69) is 43.1 Å². The van der Waals surface area contributed by atoms with E-state index in [-0.39, 0.29) is 0 Å². The molecule has 18 heavy (non-hydrogen) atoms. The van der Waals surface area contributed by atoms with Gasteiger partial charge in [-0.2, -0.15) is 0 Å². The molecule has 1 aromatic heterocycles. The Morgan fingerprint density at radius 1 is 1.22 bits per heavy atom. The number of amides is 1. The number of aromatic amines is 1. The lowest BCUT2D eigenvalue weighted by atomic mass is 10.0. The van der Waals surface area contributed by atoms with E-state index in [1.54, 1.807) is 0 Å². The number of aromatic nitrogens is 1. The van der Waals surface area contributed by atoms with Crippen molar-refractivity contribution >= 4 is 5.91 Å². The Kier molecular flexibility index (Phi) is 3.24. The van der Waals surface area contributed by atoms with Crippen molar-refractivity contribution in [2.45, 2.75) is 26.7 Å². The van der Waals surface area contributed by atoms with E-state index in [0.717, 1.165) is 17.0 Å². The highest BCUT2D eigenvalue weighted by molar-refractivity contribution is 5.95. The standard InChI is InChI=1S/C15H18N2O/c1-9(2)11-4-6-12(7-5-11)14-8-13(15(16)18)10(3)17-14/h4-9,17H,1-3H3,(H2,16,18). The zero-order valence-corrected chi connectivity index (χ0v) is 10.9. The predicted molar refractivity (Wildman–Crippen MR) is 73.6 cm³/mol. The van der Waals surface area contributed by atoms with E-state index < -0.39 is 5.91 Å². The fraction of sp³-hybridized carbons (Fsp3) is 0.267. The quantitative estimate of drug-likeness (QED) is 0.853. The normalized spacial score (nSPS) is 10.9. The summed E-state index contributed by atoms with van der Waals surface area (Å²) in [7, 11) is 0. The van der Waals surface area contributed by atoms with E-state index in [9.17, 15) is 4.79 Å². The molecule has 3 nitrogen and oxygen atoms in total. The van der Waals surface area contributed by atoms with Gasteiger partial charge >= 0.3 is 0 Å². The minimum atomic E-state index is -0.395. The van der Waals surface area contributed by atoms with Gasteiger partial charge < -0.3 is 10.7 Å². The van der Waals surface area contributed by atoms with Gasteiger partial charge in [0.25, 0.3) is 5.91 Å². The first kappa shape index (κ1) is 12.4. The molecule has 0 aliphatic carbocycles. The molecular weight excluding hydrogens is 224 g/mol. The number of nitrogens with two attached hydrogens (primary N) is 1. The van der Waals surface area contributed by atoms with Gasteiger partial charge in [0, 0.05) is 11.4 Å². The molecule has 0 atom stereocenters. The zero-order valence-electron chi connectivity index (χ0n) is 10.9. The fourth-order valence-corrected chi connectivity index (χ4v) is 2.02. The average molecular weight is 242 g/mol. The second-order valence-electron chi connectivity index (χ2n) is 4.86. The Morgan fingerprint density at radius 3 is 2.28 bits per heavy atom. The molecular formula is C15H18N2O. The minimum absolute atomic E-state index is 0.395. The van der Waals surface area contributed by atoms with Gasteiger partial charge in [-0.25, -0.2) is 0 Å². The van der Waals surface area contributed by atoms with E-state index in [1.165, 1.54) is 5.56 Å². The Labute approximate surface area is 107 Å². The predicted octanol–water partition coefficient (Wildman–Crippen LogP) is 3.21. The molecule has 1 aromatic carbocycles. The van der Waals surface area contributed by atoms with E-state index in [4.69, 9.17) is 5.73 Å². The SMILES string of the molecule is Cc1[nH]c(-c2ccc(C(C)C)cc2)cc1C(N)=O. The van der Waals surface area contributed by atoms with Gasteiger partial charge in [-0.3, -0.25) is 4.79 Å². The van der Waals surface area contributed by atoms with Crippen LogP contribution in [0.4, 0.5) is 0 Å². The minimum Gasteiger partial charge on any atom is -0.366 e. The van der Waals surface area contributed by atoms with Crippen molar-refractivity contribution in [3.63, 3.8) is 0 Å². The number of benzene rings is 1. The fourth-order valence-electron chi connectivity index (χ4n) is 2.02. The van der Waals surface area contributed by atoms with Gasteiger partial charge in [0.15, 0.2) is 0 Å². The van der Waals surface area contributed by atoms with Gasteiger partial charge in [0.1, 0.15) is 0 Å². The number of hydrogen-bond donors (Lipinski definition) is 2. The van der Waals surface area contributed by atoms with Crippen LogP contribution in [0.2, 0.25) is 0 Å². The van der Waals surface area contributed by atoms with Crippen LogP contribution in [0, 0.1) is 6.92 Å². The third kappa shape index (κ3) is 2.30. The van der Waals surface area contributed by atoms with Crippen molar-refractivity contribution in [3.05, 3.63) is 47.2 Å². The van der Waals surface area contributed by atoms with Crippen LogP contribution in [0.25, 0.3) is 11.3 Å². The second kappa shape index (κ2) is 4.69. The summed E-state index contributed by atoms with van der Waals surface area (Å²) in [5.74, 6) is 0.124. The molecule has 2 rings (SSSR count). The van der Waals surface area contributed by atoms with Crippen LogP contribution in [-0.4, -0.2) is 10.9 Å². The Bertz CT molecular complexity index is 565. The number of rotatable bonds is 3. The third-order valence-electron chi connectivity index (χ3n) is 3.17. The van der Waals surface area contributed by atoms with Crippen LogP contribution in [0.3, 0.4) is 0 Å². The smallest absolute Gasteiger partial charge is 0.250 e. The maximum Gasteiger partial charge on any atom is 0.250 e. The summed E-state index contributed by atoms with van der Waals surface area (Å²) in [4.78, 5) is 14.4. The number of carbonyl (C=O) groups excluding carboxylic acids is 1. The summed E-state index contributed by atoms with van der Waals surface area (Å²) >= 11 is 0. The number of hydrogen-bond acceptors (Lipinski definition) is 1. The average Bonchev–Trinajstić information content (AvgIpc) is 2.71. The number of carbonyl (C=O) groups is 1. The van der Waals surface area contributed by atoms with Crippen molar-refractivity contribution in [1.29, 1.82) is 0 Å². The van der Waals surface area contributed by atoms with Crippen molar-refractivity contribution in [2.24, 2.45) is 5.73 Å². The molecule has 1 heterocycles. The second-order valence-corrected chi connectivity index (χ2v) is 4.86. The van der Waals surface area contributed by atoms with Crippen LogP contribution in [0.1, 0.15) is 41.4 Å². The first-order valence-corrected chi connectivity index (χ1v) is 6.08. The lowest BCUT2D eigenvalue weighted by Crippen LogP contribution is -2.10.